The molecule has 2 aromatic carbocycles. The van der Waals surface area contributed by atoms with Crippen LogP contribution in [-0.4, -0.2) is 43.7 Å². The SMILES string of the molecule is O=C(NC1CC1)c1cccc(NC(=O)C2CCN(S(=O)(=O)/C=C/c3ccccc3)CC2)c1. The van der Waals surface area contributed by atoms with Gasteiger partial charge in [0.25, 0.3) is 5.91 Å². The molecule has 32 heavy (non-hydrogen) atoms. The summed E-state index contributed by atoms with van der Waals surface area (Å²) in [4.78, 5) is 24.9. The van der Waals surface area contributed by atoms with E-state index in [4.69, 9.17) is 0 Å². The molecule has 0 radical (unpaired) electrons. The molecule has 4 rings (SSSR count). The fourth-order valence-electron chi connectivity index (χ4n) is 3.67. The first-order chi connectivity index (χ1) is 15.4. The number of amides is 2. The highest BCUT2D eigenvalue weighted by atomic mass is 32.2. The van der Waals surface area contributed by atoms with Crippen LogP contribution in [0.3, 0.4) is 0 Å². The monoisotopic (exact) mass is 453 g/mol. The zero-order valence-electron chi connectivity index (χ0n) is 17.7. The lowest BCUT2D eigenvalue weighted by molar-refractivity contribution is -0.120. The summed E-state index contributed by atoms with van der Waals surface area (Å²) >= 11 is 0. The highest BCUT2D eigenvalue weighted by Crippen LogP contribution is 2.23. The minimum absolute atomic E-state index is 0.134. The lowest BCUT2D eigenvalue weighted by atomic mass is 9.97. The molecule has 2 fully saturated rings. The number of carbonyl (C=O) groups is 2. The molecule has 0 aromatic heterocycles. The average molecular weight is 454 g/mol. The third kappa shape index (κ3) is 5.83. The lowest BCUT2D eigenvalue weighted by Gasteiger charge is -2.29. The molecule has 1 heterocycles. The standard InChI is InChI=1S/C24H27N3O4S/c28-23(26-22-8-4-7-20(17-22)24(29)25-21-9-10-21)19-11-14-27(15-12-19)32(30,31)16-13-18-5-2-1-3-6-18/h1-8,13,16-17,19,21H,9-12,14-15H2,(H,25,29)(H,26,28)/b16-13+. The second-order valence-corrected chi connectivity index (χ2v) is 10.1. The molecule has 1 aliphatic carbocycles. The van der Waals surface area contributed by atoms with E-state index in [1.54, 1.807) is 30.3 Å². The first-order valence-corrected chi connectivity index (χ1v) is 12.4. The second-order valence-electron chi connectivity index (χ2n) is 8.25. The summed E-state index contributed by atoms with van der Waals surface area (Å²) in [5, 5.41) is 7.03. The predicted octanol–water partition coefficient (Wildman–Crippen LogP) is 3.23. The van der Waals surface area contributed by atoms with Gasteiger partial charge in [-0.25, -0.2) is 8.42 Å². The molecule has 2 aliphatic rings. The van der Waals surface area contributed by atoms with E-state index in [1.165, 1.54) is 9.71 Å². The fraction of sp³-hybridized carbons (Fsp3) is 0.333. The van der Waals surface area contributed by atoms with Crippen molar-refractivity contribution in [2.45, 2.75) is 31.7 Å². The second kappa shape index (κ2) is 9.67. The quantitative estimate of drug-likeness (QED) is 0.673. The van der Waals surface area contributed by atoms with Gasteiger partial charge >= 0.3 is 0 Å². The zero-order valence-corrected chi connectivity index (χ0v) is 18.6. The molecule has 2 N–H and O–H groups in total. The van der Waals surface area contributed by atoms with E-state index >= 15 is 0 Å². The van der Waals surface area contributed by atoms with Gasteiger partial charge in [0, 0.05) is 41.7 Å². The Labute approximate surface area is 188 Å². The van der Waals surface area contributed by atoms with E-state index in [0.29, 0.717) is 37.2 Å². The van der Waals surface area contributed by atoms with Gasteiger partial charge in [-0.3, -0.25) is 9.59 Å². The highest BCUT2D eigenvalue weighted by molar-refractivity contribution is 7.92. The van der Waals surface area contributed by atoms with E-state index < -0.39 is 10.0 Å². The van der Waals surface area contributed by atoms with Crippen molar-refractivity contribution in [3.63, 3.8) is 0 Å². The van der Waals surface area contributed by atoms with E-state index in [0.717, 1.165) is 18.4 Å². The number of hydrogen-bond donors (Lipinski definition) is 2. The van der Waals surface area contributed by atoms with Crippen LogP contribution in [0.25, 0.3) is 6.08 Å². The summed E-state index contributed by atoms with van der Waals surface area (Å²) in [5.74, 6) is -0.559. The normalized spacial score (nSPS) is 17.9. The first kappa shape index (κ1) is 22.2. The maximum atomic E-state index is 12.7. The molecule has 8 heteroatoms. The molecule has 168 valence electrons. The molecule has 0 atom stereocenters. The Kier molecular flexibility index (Phi) is 6.72. The highest BCUT2D eigenvalue weighted by Gasteiger charge is 2.30. The predicted molar refractivity (Wildman–Crippen MR) is 124 cm³/mol. The van der Waals surface area contributed by atoms with Crippen LogP contribution in [0.1, 0.15) is 41.6 Å². The topological polar surface area (TPSA) is 95.6 Å². The van der Waals surface area contributed by atoms with Crippen LogP contribution in [0, 0.1) is 5.92 Å². The maximum Gasteiger partial charge on any atom is 0.251 e. The van der Waals surface area contributed by atoms with Crippen molar-refractivity contribution in [3.05, 3.63) is 71.1 Å². The molecule has 1 saturated carbocycles. The molecule has 2 aromatic rings. The molecule has 0 spiro atoms. The molecular formula is C24H27N3O4S. The summed E-state index contributed by atoms with van der Waals surface area (Å²) < 4.78 is 26.6. The van der Waals surface area contributed by atoms with Crippen molar-refractivity contribution in [3.8, 4) is 0 Å². The summed E-state index contributed by atoms with van der Waals surface area (Å²) in [6.45, 7) is 0.590. The van der Waals surface area contributed by atoms with Crippen molar-refractivity contribution in [2.24, 2.45) is 5.92 Å². The number of carbonyl (C=O) groups excluding carboxylic acids is 2. The third-order valence-electron chi connectivity index (χ3n) is 5.72. The molecule has 1 saturated heterocycles. The average Bonchev–Trinajstić information content (AvgIpc) is 3.63. The molecule has 2 amide bonds. The Bertz CT molecular complexity index is 1100. The van der Waals surface area contributed by atoms with Gasteiger partial charge in [-0.15, -0.1) is 0 Å². The minimum atomic E-state index is -3.53. The van der Waals surface area contributed by atoms with Crippen molar-refractivity contribution in [2.75, 3.05) is 18.4 Å². The van der Waals surface area contributed by atoms with Gasteiger partial charge in [0.15, 0.2) is 0 Å². The molecular weight excluding hydrogens is 426 g/mol. The van der Waals surface area contributed by atoms with Crippen LogP contribution >= 0.6 is 0 Å². The molecule has 1 aliphatic heterocycles. The van der Waals surface area contributed by atoms with Crippen molar-refractivity contribution in [1.29, 1.82) is 0 Å². The van der Waals surface area contributed by atoms with Crippen molar-refractivity contribution in [1.82, 2.24) is 9.62 Å². The molecule has 0 unspecified atom stereocenters. The van der Waals surface area contributed by atoms with Gasteiger partial charge in [0.1, 0.15) is 0 Å². The van der Waals surface area contributed by atoms with E-state index in [-0.39, 0.29) is 23.8 Å². The van der Waals surface area contributed by atoms with Gasteiger partial charge in [-0.05, 0) is 55.5 Å². The Morgan fingerprint density at radius 2 is 1.66 bits per heavy atom. The summed E-state index contributed by atoms with van der Waals surface area (Å²) in [6, 6.07) is 16.4. The smallest absolute Gasteiger partial charge is 0.251 e. The minimum Gasteiger partial charge on any atom is -0.349 e. The van der Waals surface area contributed by atoms with Crippen LogP contribution in [0.15, 0.2) is 60.0 Å². The van der Waals surface area contributed by atoms with Crippen LogP contribution in [0.5, 0.6) is 0 Å². The number of piperidine rings is 1. The third-order valence-corrected chi connectivity index (χ3v) is 7.29. The Hall–Kier alpha value is -2.97. The van der Waals surface area contributed by atoms with E-state index in [2.05, 4.69) is 10.6 Å². The van der Waals surface area contributed by atoms with E-state index in [1.807, 2.05) is 30.3 Å². The first-order valence-electron chi connectivity index (χ1n) is 10.9. The largest absolute Gasteiger partial charge is 0.349 e. The number of hydrogen-bond acceptors (Lipinski definition) is 4. The van der Waals surface area contributed by atoms with Crippen LogP contribution in [-0.2, 0) is 14.8 Å². The van der Waals surface area contributed by atoms with Crippen molar-refractivity contribution >= 4 is 33.6 Å². The number of nitrogens with one attached hydrogen (secondary N) is 2. The molecule has 7 nitrogen and oxygen atoms in total. The summed E-state index contributed by atoms with van der Waals surface area (Å²) in [7, 11) is -3.53. The van der Waals surface area contributed by atoms with Gasteiger partial charge in [0.2, 0.25) is 15.9 Å². The Balaban J connectivity index is 1.30. The summed E-state index contributed by atoms with van der Waals surface area (Å²) in [5.41, 5.74) is 1.90. The number of rotatable bonds is 7. The Morgan fingerprint density at radius 1 is 0.938 bits per heavy atom. The maximum absolute atomic E-state index is 12.7. The number of benzene rings is 2. The van der Waals surface area contributed by atoms with Crippen LogP contribution in [0.4, 0.5) is 5.69 Å². The van der Waals surface area contributed by atoms with Crippen LogP contribution < -0.4 is 10.6 Å². The van der Waals surface area contributed by atoms with Gasteiger partial charge < -0.3 is 10.6 Å². The lowest BCUT2D eigenvalue weighted by Crippen LogP contribution is -2.40. The van der Waals surface area contributed by atoms with E-state index in [9.17, 15) is 18.0 Å². The fourth-order valence-corrected chi connectivity index (χ4v) is 4.89. The van der Waals surface area contributed by atoms with Gasteiger partial charge in [-0.2, -0.15) is 4.31 Å². The number of nitrogens with zero attached hydrogens (tertiary/aromatic N) is 1. The van der Waals surface area contributed by atoms with Crippen LogP contribution in [0.2, 0.25) is 0 Å². The summed E-state index contributed by atoms with van der Waals surface area (Å²) in [6.07, 6.45) is 4.51. The molecule has 0 bridgehead atoms. The van der Waals surface area contributed by atoms with Crippen molar-refractivity contribution < 1.29 is 18.0 Å². The number of sulfonamides is 1. The zero-order chi connectivity index (χ0) is 22.6. The number of anilines is 1. The Morgan fingerprint density at radius 3 is 2.34 bits per heavy atom. The van der Waals surface area contributed by atoms with Gasteiger partial charge in [0.05, 0.1) is 0 Å². The van der Waals surface area contributed by atoms with Gasteiger partial charge in [-0.1, -0.05) is 36.4 Å².